The fourth-order valence-electron chi connectivity index (χ4n) is 4.10. The van der Waals surface area contributed by atoms with Gasteiger partial charge in [-0.2, -0.15) is 0 Å². The molecule has 1 saturated heterocycles. The number of likely N-dealkylation sites (tertiary alicyclic amines) is 1. The van der Waals surface area contributed by atoms with Gasteiger partial charge in [-0.15, -0.1) is 0 Å². The van der Waals surface area contributed by atoms with Crippen molar-refractivity contribution in [2.24, 2.45) is 5.92 Å². The average molecular weight is 335 g/mol. The van der Waals surface area contributed by atoms with Crippen molar-refractivity contribution in [1.29, 1.82) is 0 Å². The number of carbonyl (C=O) groups is 2. The summed E-state index contributed by atoms with van der Waals surface area (Å²) in [4.78, 5) is 26.1. The molecule has 1 aliphatic heterocycles. The number of benzene rings is 1. The number of carbonyl (C=O) groups excluding carboxylic acids is 1. The van der Waals surface area contributed by atoms with Crippen LogP contribution in [0.1, 0.15) is 48.0 Å². The third-order valence-corrected chi connectivity index (χ3v) is 5.20. The first-order valence-corrected chi connectivity index (χ1v) is 8.35. The summed E-state index contributed by atoms with van der Waals surface area (Å²) in [5, 5.41) is 9.54. The minimum absolute atomic E-state index is 0.0247. The molecule has 5 nitrogen and oxygen atoms in total. The molecule has 1 heterocycles. The van der Waals surface area contributed by atoms with E-state index in [4.69, 9.17) is 4.74 Å². The standard InChI is InChI=1S/C18H22FNO4/c1-24-10-13-8-12(6-7-14(13)19)17(21)20-15-5-3-2-4-11(15)9-16(20)18(22)23/h6-8,11,15-16H,2-5,9-10H2,1H3,(H,22,23)/t11-,15+,16+/m1/s1. The lowest BCUT2D eigenvalue weighted by molar-refractivity contribution is -0.141. The van der Waals surface area contributed by atoms with Gasteiger partial charge in [0.25, 0.3) is 5.91 Å². The molecule has 1 N–H and O–H groups in total. The lowest BCUT2D eigenvalue weighted by atomic mass is 9.84. The van der Waals surface area contributed by atoms with E-state index >= 15 is 0 Å². The van der Waals surface area contributed by atoms with Crippen LogP contribution in [-0.4, -0.2) is 41.1 Å². The summed E-state index contributed by atoms with van der Waals surface area (Å²) in [6.07, 6.45) is 4.42. The molecular formula is C18H22FNO4. The fraction of sp³-hybridized carbons (Fsp3) is 0.556. The van der Waals surface area contributed by atoms with Crippen LogP contribution in [0, 0.1) is 11.7 Å². The van der Waals surface area contributed by atoms with Crippen LogP contribution in [0.5, 0.6) is 0 Å². The molecule has 1 aliphatic carbocycles. The largest absolute Gasteiger partial charge is 0.480 e. The summed E-state index contributed by atoms with van der Waals surface area (Å²) in [5.41, 5.74) is 0.621. The summed E-state index contributed by atoms with van der Waals surface area (Å²) in [5.74, 6) is -1.46. The summed E-state index contributed by atoms with van der Waals surface area (Å²) in [7, 11) is 1.46. The number of fused-ring (bicyclic) bond motifs is 1. The van der Waals surface area contributed by atoms with Crippen LogP contribution in [0.3, 0.4) is 0 Å². The number of nitrogens with zero attached hydrogens (tertiary/aromatic N) is 1. The summed E-state index contributed by atoms with van der Waals surface area (Å²) >= 11 is 0. The van der Waals surface area contributed by atoms with E-state index in [2.05, 4.69) is 0 Å². The maximum atomic E-state index is 13.8. The quantitative estimate of drug-likeness (QED) is 0.919. The Bertz CT molecular complexity index is 648. The molecule has 0 bridgehead atoms. The first kappa shape index (κ1) is 16.9. The van der Waals surface area contributed by atoms with Crippen LogP contribution >= 0.6 is 0 Å². The third-order valence-electron chi connectivity index (χ3n) is 5.20. The van der Waals surface area contributed by atoms with Gasteiger partial charge in [-0.1, -0.05) is 12.8 Å². The molecular weight excluding hydrogens is 313 g/mol. The number of ether oxygens (including phenoxy) is 1. The molecule has 0 spiro atoms. The lowest BCUT2D eigenvalue weighted by Crippen LogP contribution is -2.46. The lowest BCUT2D eigenvalue weighted by Gasteiger charge is -2.33. The average Bonchev–Trinajstić information content (AvgIpc) is 2.96. The van der Waals surface area contributed by atoms with Crippen LogP contribution in [-0.2, 0) is 16.1 Å². The Morgan fingerprint density at radius 3 is 2.79 bits per heavy atom. The van der Waals surface area contributed by atoms with E-state index < -0.39 is 17.8 Å². The molecule has 1 aromatic rings. The topological polar surface area (TPSA) is 66.8 Å². The second-order valence-electron chi connectivity index (χ2n) is 6.65. The number of carboxylic acids is 1. The Labute approximate surface area is 140 Å². The molecule has 0 unspecified atom stereocenters. The van der Waals surface area contributed by atoms with Gasteiger partial charge < -0.3 is 14.7 Å². The molecule has 24 heavy (non-hydrogen) atoms. The van der Waals surface area contributed by atoms with E-state index in [0.29, 0.717) is 17.5 Å². The number of carboxylic acid groups (broad SMARTS) is 1. The molecule has 2 fully saturated rings. The van der Waals surface area contributed by atoms with E-state index in [1.54, 1.807) is 0 Å². The summed E-state index contributed by atoms with van der Waals surface area (Å²) < 4.78 is 18.7. The molecule has 1 amide bonds. The smallest absolute Gasteiger partial charge is 0.326 e. The maximum Gasteiger partial charge on any atom is 0.326 e. The number of methoxy groups -OCH3 is 1. The highest BCUT2D eigenvalue weighted by Crippen LogP contribution is 2.40. The maximum absolute atomic E-state index is 13.8. The zero-order chi connectivity index (χ0) is 17.3. The van der Waals surface area contributed by atoms with Crippen molar-refractivity contribution in [2.45, 2.75) is 50.8 Å². The Morgan fingerprint density at radius 2 is 2.08 bits per heavy atom. The summed E-state index contributed by atoms with van der Waals surface area (Å²) in [6, 6.07) is 3.32. The number of aliphatic carboxylic acids is 1. The van der Waals surface area contributed by atoms with Gasteiger partial charge in [-0.25, -0.2) is 9.18 Å². The van der Waals surface area contributed by atoms with Gasteiger partial charge in [0.15, 0.2) is 0 Å². The van der Waals surface area contributed by atoms with Gasteiger partial charge in [-0.05, 0) is 43.4 Å². The second kappa shape index (κ2) is 6.89. The summed E-state index contributed by atoms with van der Waals surface area (Å²) in [6.45, 7) is 0.0708. The van der Waals surface area contributed by atoms with Crippen molar-refractivity contribution in [3.63, 3.8) is 0 Å². The van der Waals surface area contributed by atoms with Gasteiger partial charge in [0, 0.05) is 24.3 Å². The van der Waals surface area contributed by atoms with Crippen molar-refractivity contribution >= 4 is 11.9 Å². The van der Waals surface area contributed by atoms with Crippen molar-refractivity contribution in [3.8, 4) is 0 Å². The van der Waals surface area contributed by atoms with Crippen molar-refractivity contribution < 1.29 is 23.8 Å². The zero-order valence-corrected chi connectivity index (χ0v) is 13.7. The predicted octanol–water partition coefficient (Wildman–Crippen LogP) is 2.83. The van der Waals surface area contributed by atoms with Crippen molar-refractivity contribution in [2.75, 3.05) is 7.11 Å². The monoisotopic (exact) mass is 335 g/mol. The first-order valence-electron chi connectivity index (χ1n) is 8.35. The molecule has 6 heteroatoms. The molecule has 3 atom stereocenters. The van der Waals surface area contributed by atoms with Gasteiger partial charge in [0.2, 0.25) is 0 Å². The normalized spacial score (nSPS) is 26.2. The molecule has 3 rings (SSSR count). The number of hydrogen-bond acceptors (Lipinski definition) is 3. The Morgan fingerprint density at radius 1 is 1.33 bits per heavy atom. The highest BCUT2D eigenvalue weighted by atomic mass is 19.1. The van der Waals surface area contributed by atoms with E-state index in [-0.39, 0.29) is 24.5 Å². The van der Waals surface area contributed by atoms with Crippen LogP contribution in [0.15, 0.2) is 18.2 Å². The van der Waals surface area contributed by atoms with Crippen LogP contribution in [0.25, 0.3) is 0 Å². The molecule has 130 valence electrons. The van der Waals surface area contributed by atoms with Crippen molar-refractivity contribution in [1.82, 2.24) is 4.90 Å². The number of halogens is 1. The first-order chi connectivity index (χ1) is 11.5. The predicted molar refractivity (Wildman–Crippen MR) is 85.1 cm³/mol. The van der Waals surface area contributed by atoms with Gasteiger partial charge in [0.05, 0.1) is 6.61 Å². The van der Waals surface area contributed by atoms with Crippen molar-refractivity contribution in [3.05, 3.63) is 35.1 Å². The van der Waals surface area contributed by atoms with E-state index in [1.807, 2.05) is 0 Å². The highest BCUT2D eigenvalue weighted by molar-refractivity contribution is 5.97. The van der Waals surface area contributed by atoms with E-state index in [9.17, 15) is 19.1 Å². The van der Waals surface area contributed by atoms with Gasteiger partial charge in [0.1, 0.15) is 11.9 Å². The highest BCUT2D eigenvalue weighted by Gasteiger charge is 2.47. The molecule has 2 aliphatic rings. The number of hydrogen-bond donors (Lipinski definition) is 1. The molecule has 1 aromatic carbocycles. The Balaban J connectivity index is 1.91. The number of rotatable bonds is 4. The molecule has 0 aromatic heterocycles. The zero-order valence-electron chi connectivity index (χ0n) is 13.7. The van der Waals surface area contributed by atoms with Gasteiger partial charge in [-0.3, -0.25) is 4.79 Å². The van der Waals surface area contributed by atoms with Gasteiger partial charge >= 0.3 is 5.97 Å². The van der Waals surface area contributed by atoms with Crippen LogP contribution in [0.2, 0.25) is 0 Å². The number of amides is 1. The minimum Gasteiger partial charge on any atom is -0.480 e. The van der Waals surface area contributed by atoms with Crippen LogP contribution < -0.4 is 0 Å². The van der Waals surface area contributed by atoms with E-state index in [0.717, 1.165) is 25.7 Å². The third kappa shape index (κ3) is 3.02. The van der Waals surface area contributed by atoms with Crippen LogP contribution in [0.4, 0.5) is 4.39 Å². The minimum atomic E-state index is -0.961. The molecule has 1 saturated carbocycles. The SMILES string of the molecule is COCc1cc(C(=O)N2[C@H](C(=O)O)C[C@H]3CCCC[C@@H]32)ccc1F. The fourth-order valence-corrected chi connectivity index (χ4v) is 4.10. The van der Waals surface area contributed by atoms with E-state index in [1.165, 1.54) is 30.2 Å². The Kier molecular flexibility index (Phi) is 4.85. The second-order valence-corrected chi connectivity index (χ2v) is 6.65. The Hall–Kier alpha value is -1.95. The molecule has 0 radical (unpaired) electrons.